The monoisotopic (exact) mass is 424 g/mol. The Morgan fingerprint density at radius 2 is 2.00 bits per heavy atom. The molecule has 142 valence electrons. The topological polar surface area (TPSA) is 69.0 Å². The van der Waals surface area contributed by atoms with Crippen molar-refractivity contribution in [2.45, 2.75) is 19.8 Å². The number of carbonyl (C=O) groups excluding carboxylic acids is 1. The summed E-state index contributed by atoms with van der Waals surface area (Å²) in [5.74, 6) is -0.424. The van der Waals surface area contributed by atoms with E-state index in [-0.39, 0.29) is 5.69 Å². The van der Waals surface area contributed by atoms with Crippen molar-refractivity contribution >= 4 is 51.3 Å². The maximum atomic E-state index is 12.1. The second kappa shape index (κ2) is 8.73. The first-order valence-electron chi connectivity index (χ1n) is 8.36. The van der Waals surface area contributed by atoms with Crippen LogP contribution in [-0.4, -0.2) is 27.3 Å². The number of aromatic nitrogens is 3. The number of unbranched alkanes of at least 4 members (excludes halogenated alkanes) is 1. The normalized spacial score (nSPS) is 10.8. The van der Waals surface area contributed by atoms with Gasteiger partial charge in [0.15, 0.2) is 10.8 Å². The van der Waals surface area contributed by atoms with E-state index in [0.717, 1.165) is 24.2 Å². The molecule has 3 aromatic rings. The smallest absolute Gasteiger partial charge is 0.358 e. The maximum Gasteiger partial charge on any atom is 0.358 e. The number of hydrogen-bond donors (Lipinski definition) is 1. The molecule has 0 aliphatic heterocycles. The predicted molar refractivity (Wildman–Crippen MR) is 109 cm³/mol. The Hall–Kier alpha value is -2.09. The SMILES string of the molecule is CCCCOC(=O)c1cc(-c2csc(Nc3cc(Cl)cc(Cl)c3)n2)n(C)n1. The van der Waals surface area contributed by atoms with Gasteiger partial charge >= 0.3 is 5.97 Å². The highest BCUT2D eigenvalue weighted by atomic mass is 35.5. The van der Waals surface area contributed by atoms with E-state index in [0.29, 0.717) is 27.5 Å². The number of aryl methyl sites for hydroxylation is 1. The summed E-state index contributed by atoms with van der Waals surface area (Å²) in [4.78, 5) is 16.6. The Morgan fingerprint density at radius 1 is 1.26 bits per heavy atom. The lowest BCUT2D eigenvalue weighted by Crippen LogP contribution is -2.07. The molecule has 1 N–H and O–H groups in total. The van der Waals surface area contributed by atoms with Gasteiger partial charge in [-0.1, -0.05) is 36.5 Å². The zero-order valence-corrected chi connectivity index (χ0v) is 17.2. The van der Waals surface area contributed by atoms with Crippen molar-refractivity contribution in [3.8, 4) is 11.4 Å². The minimum absolute atomic E-state index is 0.271. The van der Waals surface area contributed by atoms with E-state index in [4.69, 9.17) is 27.9 Å². The van der Waals surface area contributed by atoms with E-state index < -0.39 is 5.97 Å². The molecule has 0 radical (unpaired) electrons. The van der Waals surface area contributed by atoms with Gasteiger partial charge in [0, 0.05) is 34.2 Å². The number of benzene rings is 1. The first kappa shape index (κ1) is 19.7. The molecule has 0 fully saturated rings. The van der Waals surface area contributed by atoms with E-state index >= 15 is 0 Å². The van der Waals surface area contributed by atoms with Crippen molar-refractivity contribution in [2.75, 3.05) is 11.9 Å². The van der Waals surface area contributed by atoms with Crippen molar-refractivity contribution < 1.29 is 9.53 Å². The molecule has 0 atom stereocenters. The van der Waals surface area contributed by atoms with Gasteiger partial charge in [-0.3, -0.25) is 4.68 Å². The molecule has 0 bridgehead atoms. The van der Waals surface area contributed by atoms with Crippen LogP contribution in [0.5, 0.6) is 0 Å². The van der Waals surface area contributed by atoms with E-state index in [9.17, 15) is 4.79 Å². The Labute approximate surface area is 171 Å². The van der Waals surface area contributed by atoms with Crippen LogP contribution in [0, 0.1) is 0 Å². The number of thiazole rings is 1. The van der Waals surface area contributed by atoms with E-state index in [1.54, 1.807) is 36.0 Å². The minimum atomic E-state index is -0.424. The molecule has 0 spiro atoms. The molecule has 0 unspecified atom stereocenters. The fourth-order valence-corrected chi connectivity index (χ4v) is 3.64. The van der Waals surface area contributed by atoms with Crippen LogP contribution in [0.15, 0.2) is 29.6 Å². The fraction of sp³-hybridized carbons (Fsp3) is 0.278. The molecular formula is C18H18Cl2N4O2S. The molecule has 9 heteroatoms. The fourth-order valence-electron chi connectivity index (χ4n) is 2.39. The quantitative estimate of drug-likeness (QED) is 0.397. The highest BCUT2D eigenvalue weighted by Crippen LogP contribution is 2.30. The average Bonchev–Trinajstić information content (AvgIpc) is 3.20. The second-order valence-electron chi connectivity index (χ2n) is 5.85. The van der Waals surface area contributed by atoms with Gasteiger partial charge < -0.3 is 10.1 Å². The Kier molecular flexibility index (Phi) is 6.36. The third-order valence-corrected chi connectivity index (χ3v) is 4.89. The highest BCUT2D eigenvalue weighted by molar-refractivity contribution is 7.14. The highest BCUT2D eigenvalue weighted by Gasteiger charge is 2.17. The lowest BCUT2D eigenvalue weighted by molar-refractivity contribution is 0.0492. The van der Waals surface area contributed by atoms with Crippen molar-refractivity contribution in [2.24, 2.45) is 7.05 Å². The maximum absolute atomic E-state index is 12.1. The summed E-state index contributed by atoms with van der Waals surface area (Å²) < 4.78 is 6.83. The van der Waals surface area contributed by atoms with Crippen LogP contribution in [0.25, 0.3) is 11.4 Å². The first-order valence-corrected chi connectivity index (χ1v) is 10.00. The van der Waals surface area contributed by atoms with Crippen LogP contribution < -0.4 is 5.32 Å². The van der Waals surface area contributed by atoms with Gasteiger partial charge in [0.2, 0.25) is 0 Å². The number of anilines is 2. The number of rotatable bonds is 7. The predicted octanol–water partition coefficient (Wildman–Crippen LogP) is 5.55. The molecule has 27 heavy (non-hydrogen) atoms. The summed E-state index contributed by atoms with van der Waals surface area (Å²) in [5.41, 5.74) is 2.45. The lowest BCUT2D eigenvalue weighted by Gasteiger charge is -2.03. The van der Waals surface area contributed by atoms with Gasteiger partial charge in [-0.05, 0) is 24.6 Å². The summed E-state index contributed by atoms with van der Waals surface area (Å²) >= 11 is 13.5. The van der Waals surface area contributed by atoms with Gasteiger partial charge in [-0.2, -0.15) is 5.10 Å². The van der Waals surface area contributed by atoms with Gasteiger partial charge in [0.25, 0.3) is 0 Å². The lowest BCUT2D eigenvalue weighted by atomic mass is 10.3. The molecule has 0 amide bonds. The molecule has 3 rings (SSSR count). The van der Waals surface area contributed by atoms with Crippen LogP contribution in [-0.2, 0) is 11.8 Å². The van der Waals surface area contributed by atoms with Gasteiger partial charge in [0.1, 0.15) is 5.69 Å². The first-order chi connectivity index (χ1) is 13.0. The molecule has 0 aliphatic carbocycles. The van der Waals surface area contributed by atoms with Crippen molar-refractivity contribution in [1.29, 1.82) is 0 Å². The van der Waals surface area contributed by atoms with Crippen LogP contribution >= 0.6 is 34.5 Å². The second-order valence-corrected chi connectivity index (χ2v) is 7.58. The molecule has 2 aromatic heterocycles. The summed E-state index contributed by atoms with van der Waals surface area (Å²) in [6, 6.07) is 6.88. The number of halogens is 2. The van der Waals surface area contributed by atoms with Crippen LogP contribution in [0.2, 0.25) is 10.0 Å². The summed E-state index contributed by atoms with van der Waals surface area (Å²) in [6.07, 6.45) is 1.80. The van der Waals surface area contributed by atoms with Crippen molar-refractivity contribution in [3.63, 3.8) is 0 Å². The molecule has 0 saturated heterocycles. The molecular weight excluding hydrogens is 407 g/mol. The number of esters is 1. The Balaban J connectivity index is 1.75. The number of nitrogens with one attached hydrogen (secondary N) is 1. The largest absolute Gasteiger partial charge is 0.461 e. The van der Waals surface area contributed by atoms with Crippen LogP contribution in [0.4, 0.5) is 10.8 Å². The molecule has 0 aliphatic rings. The number of hydrogen-bond acceptors (Lipinski definition) is 6. The summed E-state index contributed by atoms with van der Waals surface area (Å²) in [6.45, 7) is 2.44. The summed E-state index contributed by atoms with van der Waals surface area (Å²) in [5, 5.41) is 11.1. The van der Waals surface area contributed by atoms with Crippen molar-refractivity contribution in [1.82, 2.24) is 14.8 Å². The van der Waals surface area contributed by atoms with E-state index in [1.807, 2.05) is 12.3 Å². The van der Waals surface area contributed by atoms with Crippen LogP contribution in [0.1, 0.15) is 30.3 Å². The third-order valence-electron chi connectivity index (χ3n) is 3.70. The number of ether oxygens (including phenoxy) is 1. The molecule has 0 saturated carbocycles. The van der Waals surface area contributed by atoms with Crippen LogP contribution in [0.3, 0.4) is 0 Å². The van der Waals surface area contributed by atoms with Gasteiger partial charge in [0.05, 0.1) is 12.3 Å². The zero-order chi connectivity index (χ0) is 19.4. The van der Waals surface area contributed by atoms with E-state index in [2.05, 4.69) is 15.4 Å². The summed E-state index contributed by atoms with van der Waals surface area (Å²) in [7, 11) is 1.77. The van der Waals surface area contributed by atoms with Gasteiger partial charge in [-0.25, -0.2) is 9.78 Å². The Morgan fingerprint density at radius 3 is 2.70 bits per heavy atom. The molecule has 6 nitrogen and oxygen atoms in total. The third kappa shape index (κ3) is 5.00. The molecule has 2 heterocycles. The van der Waals surface area contributed by atoms with Gasteiger partial charge in [-0.15, -0.1) is 11.3 Å². The standard InChI is InChI=1S/C18H18Cl2N4O2S/c1-3-4-5-26-17(25)14-9-16(24(2)23-14)15-10-27-18(22-15)21-13-7-11(19)6-12(20)8-13/h6-10H,3-5H2,1-2H3,(H,21,22). The Bertz CT molecular complexity index is 934. The number of carbonyl (C=O) groups is 1. The zero-order valence-electron chi connectivity index (χ0n) is 14.8. The number of nitrogens with zero attached hydrogens (tertiary/aromatic N) is 3. The minimum Gasteiger partial charge on any atom is -0.461 e. The average molecular weight is 425 g/mol. The van der Waals surface area contributed by atoms with Crippen molar-refractivity contribution in [3.05, 3.63) is 45.4 Å². The van der Waals surface area contributed by atoms with E-state index in [1.165, 1.54) is 11.3 Å². The molecule has 1 aromatic carbocycles.